The first-order valence-corrected chi connectivity index (χ1v) is 7.29. The normalized spacial score (nSPS) is 11.2. The van der Waals surface area contributed by atoms with E-state index in [0.29, 0.717) is 28.4 Å². The van der Waals surface area contributed by atoms with E-state index in [-0.39, 0.29) is 11.4 Å². The summed E-state index contributed by atoms with van der Waals surface area (Å²) < 4.78 is 0. The van der Waals surface area contributed by atoms with Crippen LogP contribution in [0.5, 0.6) is 5.88 Å². The van der Waals surface area contributed by atoms with E-state index >= 15 is 0 Å². The van der Waals surface area contributed by atoms with Gasteiger partial charge in [-0.05, 0) is 23.8 Å². The van der Waals surface area contributed by atoms with Crippen LogP contribution in [0.25, 0.3) is 10.8 Å². The molecule has 0 atom stereocenters. The van der Waals surface area contributed by atoms with Crippen molar-refractivity contribution in [3.63, 3.8) is 0 Å². The van der Waals surface area contributed by atoms with Crippen molar-refractivity contribution in [1.82, 2.24) is 4.98 Å². The Bertz CT molecular complexity index is 989. The highest BCUT2D eigenvalue weighted by atomic mass is 16.3. The summed E-state index contributed by atoms with van der Waals surface area (Å²) in [5.41, 5.74) is 6.64. The minimum absolute atomic E-state index is 0.216. The van der Waals surface area contributed by atoms with Gasteiger partial charge in [0.05, 0.1) is 12.1 Å². The third kappa shape index (κ3) is 3.03. The summed E-state index contributed by atoms with van der Waals surface area (Å²) in [6.07, 6.45) is 1.52. The molecule has 1 heterocycles. The fourth-order valence-corrected chi connectivity index (χ4v) is 2.43. The van der Waals surface area contributed by atoms with Gasteiger partial charge in [0.1, 0.15) is 0 Å². The number of primary amides is 1. The zero-order valence-corrected chi connectivity index (χ0v) is 12.7. The predicted octanol–water partition coefficient (Wildman–Crippen LogP) is 1.95. The Hall–Kier alpha value is -3.41. The number of nitrogens with one attached hydrogen (secondary N) is 1. The SMILES string of the molecule is NC(=O)c1ccc(CN=Cc2c(O)[nH]c(=O)c3ccccc23)cc1. The first kappa shape index (κ1) is 15.5. The molecule has 6 nitrogen and oxygen atoms in total. The number of amides is 1. The van der Waals surface area contributed by atoms with Gasteiger partial charge in [-0.2, -0.15) is 0 Å². The molecular weight excluding hydrogens is 306 g/mol. The van der Waals surface area contributed by atoms with Gasteiger partial charge in [-0.1, -0.05) is 30.3 Å². The lowest BCUT2D eigenvalue weighted by Crippen LogP contribution is -2.10. The lowest BCUT2D eigenvalue weighted by atomic mass is 10.1. The van der Waals surface area contributed by atoms with E-state index in [9.17, 15) is 14.7 Å². The highest BCUT2D eigenvalue weighted by Gasteiger charge is 2.08. The van der Waals surface area contributed by atoms with Crippen molar-refractivity contribution in [2.24, 2.45) is 10.7 Å². The standard InChI is InChI=1S/C18H15N3O3/c19-16(22)12-7-5-11(6-8-12)9-20-10-15-13-3-1-2-4-14(13)17(23)21-18(15)24/h1-8,10H,9H2,(H2,19,22)(H2,21,23,24). The van der Waals surface area contributed by atoms with Gasteiger partial charge in [0.2, 0.25) is 11.8 Å². The Kier molecular flexibility index (Phi) is 4.11. The number of aromatic amines is 1. The van der Waals surface area contributed by atoms with Crippen LogP contribution in [0.1, 0.15) is 21.5 Å². The van der Waals surface area contributed by atoms with Crippen LogP contribution in [-0.4, -0.2) is 22.2 Å². The number of nitrogens with two attached hydrogens (primary N) is 1. The average Bonchev–Trinajstić information content (AvgIpc) is 2.58. The van der Waals surface area contributed by atoms with Gasteiger partial charge < -0.3 is 10.8 Å². The Morgan fingerprint density at radius 2 is 1.79 bits per heavy atom. The Balaban J connectivity index is 1.88. The van der Waals surface area contributed by atoms with E-state index in [0.717, 1.165) is 5.56 Å². The lowest BCUT2D eigenvalue weighted by molar-refractivity contribution is 0.100. The third-order valence-electron chi connectivity index (χ3n) is 3.68. The van der Waals surface area contributed by atoms with Crippen molar-refractivity contribution in [2.45, 2.75) is 6.54 Å². The number of aliphatic imine (C=N–C) groups is 1. The molecule has 1 amide bonds. The second-order valence-electron chi connectivity index (χ2n) is 5.29. The van der Waals surface area contributed by atoms with Crippen LogP contribution in [0, 0.1) is 0 Å². The first-order valence-electron chi connectivity index (χ1n) is 7.29. The topological polar surface area (TPSA) is 109 Å². The Morgan fingerprint density at radius 3 is 2.46 bits per heavy atom. The lowest BCUT2D eigenvalue weighted by Gasteiger charge is -2.04. The van der Waals surface area contributed by atoms with Gasteiger partial charge in [0, 0.05) is 22.6 Å². The van der Waals surface area contributed by atoms with Crippen LogP contribution in [0.2, 0.25) is 0 Å². The molecule has 120 valence electrons. The summed E-state index contributed by atoms with van der Waals surface area (Å²) in [5, 5.41) is 11.1. The summed E-state index contributed by atoms with van der Waals surface area (Å²) in [6, 6.07) is 13.8. The van der Waals surface area contributed by atoms with Crippen LogP contribution < -0.4 is 11.3 Å². The van der Waals surface area contributed by atoms with Gasteiger partial charge in [0.25, 0.3) is 5.56 Å². The number of H-pyrrole nitrogens is 1. The van der Waals surface area contributed by atoms with E-state index in [1.54, 1.807) is 48.5 Å². The molecule has 0 saturated heterocycles. The summed E-state index contributed by atoms with van der Waals surface area (Å²) in [6.45, 7) is 0.367. The molecule has 0 aliphatic rings. The number of hydrogen-bond acceptors (Lipinski definition) is 4. The maximum atomic E-state index is 11.8. The fourth-order valence-electron chi connectivity index (χ4n) is 2.43. The van der Waals surface area contributed by atoms with E-state index in [1.807, 2.05) is 0 Å². The zero-order valence-electron chi connectivity index (χ0n) is 12.7. The summed E-state index contributed by atoms with van der Waals surface area (Å²) in [5.74, 6) is -0.693. The molecule has 0 bridgehead atoms. The molecule has 2 aromatic carbocycles. The van der Waals surface area contributed by atoms with Crippen molar-refractivity contribution in [3.8, 4) is 5.88 Å². The second kappa shape index (κ2) is 6.37. The van der Waals surface area contributed by atoms with Crippen molar-refractivity contribution < 1.29 is 9.90 Å². The van der Waals surface area contributed by atoms with E-state index < -0.39 is 5.91 Å². The summed E-state index contributed by atoms with van der Waals surface area (Å²) in [4.78, 5) is 29.6. The van der Waals surface area contributed by atoms with Crippen molar-refractivity contribution in [1.29, 1.82) is 0 Å². The van der Waals surface area contributed by atoms with Gasteiger partial charge in [0.15, 0.2) is 0 Å². The molecule has 0 spiro atoms. The smallest absolute Gasteiger partial charge is 0.258 e. The van der Waals surface area contributed by atoms with Gasteiger partial charge in [-0.15, -0.1) is 0 Å². The zero-order chi connectivity index (χ0) is 17.1. The fraction of sp³-hybridized carbons (Fsp3) is 0.0556. The molecule has 0 aliphatic heterocycles. The minimum Gasteiger partial charge on any atom is -0.494 e. The molecule has 3 aromatic rings. The summed E-state index contributed by atoms with van der Waals surface area (Å²) >= 11 is 0. The van der Waals surface area contributed by atoms with Crippen molar-refractivity contribution in [3.05, 3.63) is 75.6 Å². The number of pyridine rings is 1. The molecule has 1 aromatic heterocycles. The molecule has 3 rings (SSSR count). The molecule has 0 aliphatic carbocycles. The Morgan fingerprint density at radius 1 is 1.12 bits per heavy atom. The highest BCUT2D eigenvalue weighted by Crippen LogP contribution is 2.20. The molecule has 24 heavy (non-hydrogen) atoms. The van der Waals surface area contributed by atoms with Crippen LogP contribution in [0.15, 0.2) is 58.3 Å². The second-order valence-corrected chi connectivity index (χ2v) is 5.29. The quantitative estimate of drug-likeness (QED) is 0.639. The molecule has 0 unspecified atom stereocenters. The van der Waals surface area contributed by atoms with E-state index in [4.69, 9.17) is 5.73 Å². The van der Waals surface area contributed by atoms with Crippen LogP contribution in [-0.2, 0) is 6.54 Å². The van der Waals surface area contributed by atoms with Crippen LogP contribution in [0.4, 0.5) is 0 Å². The maximum Gasteiger partial charge on any atom is 0.258 e. The Labute approximate surface area is 137 Å². The number of aromatic hydroxyl groups is 1. The molecule has 0 saturated carbocycles. The number of fused-ring (bicyclic) bond motifs is 1. The number of carbonyl (C=O) groups is 1. The van der Waals surface area contributed by atoms with Crippen molar-refractivity contribution >= 4 is 22.9 Å². The van der Waals surface area contributed by atoms with Crippen LogP contribution in [0.3, 0.4) is 0 Å². The monoisotopic (exact) mass is 321 g/mol. The van der Waals surface area contributed by atoms with Gasteiger partial charge in [-0.25, -0.2) is 0 Å². The number of nitrogens with zero attached hydrogens (tertiary/aromatic N) is 1. The first-order chi connectivity index (χ1) is 11.6. The third-order valence-corrected chi connectivity index (χ3v) is 3.68. The van der Waals surface area contributed by atoms with Gasteiger partial charge in [-0.3, -0.25) is 19.6 Å². The highest BCUT2D eigenvalue weighted by molar-refractivity contribution is 6.01. The number of carbonyl (C=O) groups excluding carboxylic acids is 1. The summed E-state index contributed by atoms with van der Waals surface area (Å²) in [7, 11) is 0. The molecule has 0 radical (unpaired) electrons. The molecule has 4 N–H and O–H groups in total. The molecular formula is C18H15N3O3. The van der Waals surface area contributed by atoms with Crippen LogP contribution >= 0.6 is 0 Å². The van der Waals surface area contributed by atoms with E-state index in [2.05, 4.69) is 9.98 Å². The largest absolute Gasteiger partial charge is 0.494 e. The predicted molar refractivity (Wildman–Crippen MR) is 92.5 cm³/mol. The minimum atomic E-state index is -0.477. The average molecular weight is 321 g/mol. The van der Waals surface area contributed by atoms with Crippen molar-refractivity contribution in [2.75, 3.05) is 0 Å². The van der Waals surface area contributed by atoms with Gasteiger partial charge >= 0.3 is 0 Å². The molecule has 0 fully saturated rings. The van der Waals surface area contributed by atoms with E-state index in [1.165, 1.54) is 6.21 Å². The number of benzene rings is 2. The molecule has 6 heteroatoms. The number of aromatic nitrogens is 1. The maximum absolute atomic E-state index is 11.8. The number of hydrogen-bond donors (Lipinski definition) is 3. The number of rotatable bonds is 4.